The predicted octanol–water partition coefficient (Wildman–Crippen LogP) is 1.72. The Bertz CT molecular complexity index is 535. The normalized spacial score (nSPS) is 23.4. The van der Waals surface area contributed by atoms with Gasteiger partial charge in [0.2, 0.25) is 0 Å². The van der Waals surface area contributed by atoms with E-state index in [4.69, 9.17) is 5.26 Å². The second-order valence-corrected chi connectivity index (χ2v) is 5.71. The Hall–Kier alpha value is -2.11. The van der Waals surface area contributed by atoms with E-state index in [1.54, 1.807) is 0 Å². The minimum atomic E-state index is -5.06. The second kappa shape index (κ2) is 6.98. The Morgan fingerprint density at radius 1 is 1.30 bits per heavy atom. The summed E-state index contributed by atoms with van der Waals surface area (Å²) in [4.78, 5) is 23.8. The van der Waals surface area contributed by atoms with Gasteiger partial charge in [0, 0.05) is 12.6 Å². The van der Waals surface area contributed by atoms with Gasteiger partial charge in [-0.05, 0) is 18.8 Å². The molecule has 2 amide bonds. The van der Waals surface area contributed by atoms with E-state index >= 15 is 0 Å². The van der Waals surface area contributed by atoms with Crippen LogP contribution in [0.3, 0.4) is 0 Å². The van der Waals surface area contributed by atoms with Gasteiger partial charge in [-0.3, -0.25) is 9.59 Å². The molecule has 6 nitrogen and oxygen atoms in total. The Morgan fingerprint density at radius 3 is 2.52 bits per heavy atom. The fraction of sp³-hybridized carbons (Fsp3) is 0.714. The quantitative estimate of drug-likeness (QED) is 0.855. The highest BCUT2D eigenvalue weighted by atomic mass is 19.4. The van der Waals surface area contributed by atoms with Crippen molar-refractivity contribution in [3.05, 3.63) is 0 Å². The summed E-state index contributed by atoms with van der Waals surface area (Å²) in [6.07, 6.45) is 0.195. The Morgan fingerprint density at radius 2 is 1.96 bits per heavy atom. The molecular weight excluding hydrogens is 313 g/mol. The highest BCUT2D eigenvalue weighted by Gasteiger charge is 2.44. The molecule has 0 radical (unpaired) electrons. The van der Waals surface area contributed by atoms with Crippen molar-refractivity contribution < 1.29 is 22.8 Å². The molecule has 0 aromatic heterocycles. The molecule has 9 heteroatoms. The number of nitrogens with zero attached hydrogens (tertiary/aromatic N) is 3. The number of hydrazone groups is 1. The zero-order chi connectivity index (χ0) is 17.0. The summed E-state index contributed by atoms with van der Waals surface area (Å²) in [5.74, 6) is -3.27. The van der Waals surface area contributed by atoms with E-state index in [0.29, 0.717) is 12.8 Å². The predicted molar refractivity (Wildman–Crippen MR) is 73.9 cm³/mol. The van der Waals surface area contributed by atoms with Crippen LogP contribution in [-0.2, 0) is 9.59 Å². The molecule has 2 aliphatic rings. The van der Waals surface area contributed by atoms with Gasteiger partial charge in [-0.2, -0.15) is 23.5 Å². The molecule has 1 aliphatic carbocycles. The number of carbonyl (C=O) groups excluding carboxylic acids is 2. The molecule has 0 aromatic rings. The molecule has 126 valence electrons. The molecular formula is C14H17F3N4O2. The Kier molecular flexibility index (Phi) is 5.23. The number of rotatable bonds is 3. The number of hydrogen-bond acceptors (Lipinski definition) is 4. The lowest BCUT2D eigenvalue weighted by atomic mass is 9.83. The molecule has 1 saturated carbocycles. The minimum absolute atomic E-state index is 0.229. The highest BCUT2D eigenvalue weighted by Crippen LogP contribution is 2.29. The molecule has 2 atom stereocenters. The number of nitrogens with one attached hydrogen (secondary N) is 1. The minimum Gasteiger partial charge on any atom is -0.336 e. The van der Waals surface area contributed by atoms with E-state index < -0.39 is 30.1 Å². The van der Waals surface area contributed by atoms with Gasteiger partial charge in [0.25, 0.3) is 5.91 Å². The Balaban J connectivity index is 2.18. The van der Waals surface area contributed by atoms with Gasteiger partial charge in [-0.25, -0.2) is 5.01 Å². The highest BCUT2D eigenvalue weighted by molar-refractivity contribution is 5.91. The molecule has 1 N–H and O–H groups in total. The van der Waals surface area contributed by atoms with Crippen molar-refractivity contribution >= 4 is 18.0 Å². The van der Waals surface area contributed by atoms with Crippen molar-refractivity contribution in [3.8, 4) is 6.07 Å². The van der Waals surface area contributed by atoms with Gasteiger partial charge < -0.3 is 5.32 Å². The van der Waals surface area contributed by atoms with Gasteiger partial charge >= 0.3 is 12.1 Å². The summed E-state index contributed by atoms with van der Waals surface area (Å²) >= 11 is 0. The van der Waals surface area contributed by atoms with Crippen LogP contribution in [0.1, 0.15) is 38.5 Å². The first kappa shape index (κ1) is 17.2. The molecule has 2 rings (SSSR count). The van der Waals surface area contributed by atoms with Gasteiger partial charge in [0.1, 0.15) is 12.1 Å². The number of amides is 2. The third kappa shape index (κ3) is 4.00. The summed E-state index contributed by atoms with van der Waals surface area (Å²) in [7, 11) is 0. The van der Waals surface area contributed by atoms with E-state index in [0.717, 1.165) is 24.3 Å². The summed E-state index contributed by atoms with van der Waals surface area (Å²) in [6, 6.07) is -0.265. The van der Waals surface area contributed by atoms with E-state index in [1.807, 2.05) is 11.4 Å². The average Bonchev–Trinajstić information content (AvgIpc) is 3.00. The molecule has 0 aromatic carbocycles. The lowest BCUT2D eigenvalue weighted by Crippen LogP contribution is -2.55. The van der Waals surface area contributed by atoms with Crippen LogP contribution in [0.4, 0.5) is 13.2 Å². The lowest BCUT2D eigenvalue weighted by molar-refractivity contribution is -0.175. The number of hydrogen-bond donors (Lipinski definition) is 1. The first-order valence-electron chi connectivity index (χ1n) is 7.47. The summed E-state index contributed by atoms with van der Waals surface area (Å²) in [6.45, 7) is 0. The third-order valence-electron chi connectivity index (χ3n) is 4.14. The van der Waals surface area contributed by atoms with Crippen molar-refractivity contribution in [2.75, 3.05) is 0 Å². The molecule has 0 spiro atoms. The first-order valence-corrected chi connectivity index (χ1v) is 7.47. The van der Waals surface area contributed by atoms with Gasteiger partial charge in [-0.15, -0.1) is 0 Å². The monoisotopic (exact) mass is 330 g/mol. The van der Waals surface area contributed by atoms with Crippen LogP contribution in [0, 0.1) is 17.2 Å². The SMILES string of the molecule is N#C[C@@H]1CC=NN1C(=O)[C@@H](NC(=O)C(F)(F)F)C1CCCCC1. The van der Waals surface area contributed by atoms with Crippen molar-refractivity contribution in [1.29, 1.82) is 5.26 Å². The smallest absolute Gasteiger partial charge is 0.336 e. The lowest BCUT2D eigenvalue weighted by Gasteiger charge is -2.32. The van der Waals surface area contributed by atoms with Crippen LogP contribution in [0.2, 0.25) is 0 Å². The maximum absolute atomic E-state index is 12.6. The van der Waals surface area contributed by atoms with E-state index in [9.17, 15) is 22.8 Å². The van der Waals surface area contributed by atoms with Gasteiger partial charge in [-0.1, -0.05) is 19.3 Å². The topological polar surface area (TPSA) is 85.6 Å². The van der Waals surface area contributed by atoms with Crippen LogP contribution in [0.25, 0.3) is 0 Å². The van der Waals surface area contributed by atoms with Crippen molar-refractivity contribution in [1.82, 2.24) is 10.3 Å². The summed E-state index contributed by atoms with van der Waals surface area (Å²) < 4.78 is 37.6. The third-order valence-corrected chi connectivity index (χ3v) is 4.14. The number of alkyl halides is 3. The maximum Gasteiger partial charge on any atom is 0.471 e. The average molecular weight is 330 g/mol. The summed E-state index contributed by atoms with van der Waals surface area (Å²) in [5, 5.41) is 15.5. The molecule has 0 unspecified atom stereocenters. The standard InChI is InChI=1S/C14H17F3N4O2/c15-14(16,17)13(23)20-11(9-4-2-1-3-5-9)12(22)21-10(8-18)6-7-19-21/h7,9-11H,1-6H2,(H,20,23)/t10-,11-/m0/s1. The van der Waals surface area contributed by atoms with Crippen molar-refractivity contribution in [2.45, 2.75) is 56.8 Å². The molecule has 0 saturated heterocycles. The largest absolute Gasteiger partial charge is 0.471 e. The van der Waals surface area contributed by atoms with Gasteiger partial charge in [0.15, 0.2) is 0 Å². The molecule has 1 fully saturated rings. The zero-order valence-corrected chi connectivity index (χ0v) is 12.3. The Labute approximate surface area is 131 Å². The fourth-order valence-corrected chi connectivity index (χ4v) is 2.95. The van der Waals surface area contributed by atoms with Crippen LogP contribution in [0.5, 0.6) is 0 Å². The second-order valence-electron chi connectivity index (χ2n) is 5.71. The zero-order valence-electron chi connectivity index (χ0n) is 12.3. The molecule has 1 heterocycles. The summed E-state index contributed by atoms with van der Waals surface area (Å²) in [5.41, 5.74) is 0. The van der Waals surface area contributed by atoms with E-state index in [-0.39, 0.29) is 12.3 Å². The van der Waals surface area contributed by atoms with Crippen LogP contribution < -0.4 is 5.32 Å². The molecule has 1 aliphatic heterocycles. The number of carbonyl (C=O) groups is 2. The van der Waals surface area contributed by atoms with Crippen LogP contribution in [-0.4, -0.2) is 41.3 Å². The van der Waals surface area contributed by atoms with Gasteiger partial charge in [0.05, 0.1) is 6.07 Å². The van der Waals surface area contributed by atoms with Crippen molar-refractivity contribution in [2.24, 2.45) is 11.0 Å². The number of halogens is 3. The molecule has 23 heavy (non-hydrogen) atoms. The van der Waals surface area contributed by atoms with Crippen LogP contribution >= 0.6 is 0 Å². The number of nitriles is 1. The molecule has 0 bridgehead atoms. The van der Waals surface area contributed by atoms with Crippen molar-refractivity contribution in [3.63, 3.8) is 0 Å². The fourth-order valence-electron chi connectivity index (χ4n) is 2.95. The van der Waals surface area contributed by atoms with E-state index in [1.165, 1.54) is 6.21 Å². The van der Waals surface area contributed by atoms with E-state index in [2.05, 4.69) is 5.10 Å². The maximum atomic E-state index is 12.6. The van der Waals surface area contributed by atoms with Crippen LogP contribution in [0.15, 0.2) is 5.10 Å². The first-order chi connectivity index (χ1) is 10.8.